The van der Waals surface area contributed by atoms with Crippen molar-refractivity contribution < 1.29 is 27.8 Å². The lowest BCUT2D eigenvalue weighted by molar-refractivity contribution is -0.255. The minimum Gasteiger partial charge on any atom is -0.366 e. The van der Waals surface area contributed by atoms with E-state index in [1.807, 2.05) is 0 Å². The van der Waals surface area contributed by atoms with Gasteiger partial charge in [0.25, 0.3) is 5.91 Å². The van der Waals surface area contributed by atoms with Crippen molar-refractivity contribution in [2.75, 3.05) is 6.54 Å². The molecule has 0 saturated carbocycles. The Hall–Kier alpha value is -2.66. The number of aromatic nitrogens is 3. The van der Waals surface area contributed by atoms with E-state index in [0.29, 0.717) is 10.6 Å². The molecule has 4 rings (SSSR count). The average molecular weight is 515 g/mol. The lowest BCUT2D eigenvalue weighted by Crippen LogP contribution is -2.62. The number of hydrogen-bond donors (Lipinski definition) is 1. The molecule has 1 fully saturated rings. The van der Waals surface area contributed by atoms with E-state index >= 15 is 0 Å². The van der Waals surface area contributed by atoms with Crippen molar-refractivity contribution in [1.82, 2.24) is 19.7 Å². The highest BCUT2D eigenvalue weighted by molar-refractivity contribution is 6.35. The summed E-state index contributed by atoms with van der Waals surface area (Å²) in [5, 5.41) is 15.4. The number of nitrogens with zero attached hydrogens (tertiary/aromatic N) is 4. The predicted molar refractivity (Wildman–Crippen MR) is 117 cm³/mol. The molecule has 1 aliphatic heterocycles. The van der Waals surface area contributed by atoms with E-state index < -0.39 is 35.6 Å². The first-order valence-electron chi connectivity index (χ1n) is 10.1. The molecule has 1 N–H and O–H groups in total. The summed E-state index contributed by atoms with van der Waals surface area (Å²) in [5.74, 6) is -0.573. The molecule has 0 radical (unpaired) electrons. The van der Waals surface area contributed by atoms with Crippen LogP contribution in [-0.4, -0.2) is 49.6 Å². The molecule has 1 aromatic heterocycles. The van der Waals surface area contributed by atoms with Crippen LogP contribution < -0.4 is 0 Å². The summed E-state index contributed by atoms with van der Waals surface area (Å²) in [4.78, 5) is 18.6. The van der Waals surface area contributed by atoms with Crippen LogP contribution in [-0.2, 0) is 23.1 Å². The highest BCUT2D eigenvalue weighted by Gasteiger charge is 2.51. The van der Waals surface area contributed by atoms with Crippen molar-refractivity contribution in [3.05, 3.63) is 81.9 Å². The summed E-state index contributed by atoms with van der Waals surface area (Å²) >= 11 is 12.6. The number of morpholine rings is 1. The number of benzene rings is 2. The van der Waals surface area contributed by atoms with Gasteiger partial charge in [0.2, 0.25) is 0 Å². The van der Waals surface area contributed by atoms with Gasteiger partial charge in [0.05, 0.1) is 24.7 Å². The molecule has 34 heavy (non-hydrogen) atoms. The number of β-amino-alcohol motifs (C(OH)–C–C–N with tert-alkyl or cyclic N) is 1. The molecule has 3 aromatic rings. The summed E-state index contributed by atoms with van der Waals surface area (Å²) in [6.45, 7) is 1.53. The minimum atomic E-state index is -4.53. The maximum Gasteiger partial charge on any atom is 0.416 e. The van der Waals surface area contributed by atoms with E-state index in [2.05, 4.69) is 10.1 Å². The second kappa shape index (κ2) is 9.18. The van der Waals surface area contributed by atoms with Gasteiger partial charge in [0.15, 0.2) is 6.29 Å². The summed E-state index contributed by atoms with van der Waals surface area (Å²) < 4.78 is 46.3. The average Bonchev–Trinajstić information content (AvgIpc) is 3.28. The van der Waals surface area contributed by atoms with Crippen molar-refractivity contribution in [3.8, 4) is 0 Å². The lowest BCUT2D eigenvalue weighted by atomic mass is 9.83. The Morgan fingerprint density at radius 1 is 1.24 bits per heavy atom. The van der Waals surface area contributed by atoms with Crippen LogP contribution in [0, 0.1) is 0 Å². The second-order valence-electron chi connectivity index (χ2n) is 7.89. The first-order chi connectivity index (χ1) is 16.0. The molecule has 2 unspecified atom stereocenters. The number of alkyl halides is 3. The molecule has 3 atom stereocenters. The molecule has 12 heteroatoms. The number of halogens is 5. The molecular weight excluding hydrogens is 496 g/mol. The predicted octanol–water partition coefficient (Wildman–Crippen LogP) is 4.38. The van der Waals surface area contributed by atoms with Gasteiger partial charge in [-0.3, -0.25) is 4.79 Å². The number of aliphatic hydroxyl groups is 1. The number of rotatable bonds is 4. The van der Waals surface area contributed by atoms with Crippen molar-refractivity contribution >= 4 is 29.1 Å². The third-order valence-corrected chi connectivity index (χ3v) is 6.36. The molecular formula is C22H19Cl2F3N4O3. The molecule has 2 aromatic carbocycles. The van der Waals surface area contributed by atoms with E-state index in [1.54, 1.807) is 19.1 Å². The van der Waals surface area contributed by atoms with E-state index in [1.165, 1.54) is 28.3 Å². The topological polar surface area (TPSA) is 80.5 Å². The summed E-state index contributed by atoms with van der Waals surface area (Å²) in [6.07, 6.45) is -3.16. The largest absolute Gasteiger partial charge is 0.416 e. The van der Waals surface area contributed by atoms with Gasteiger partial charge in [-0.05, 0) is 43.3 Å². The van der Waals surface area contributed by atoms with Crippen LogP contribution in [0.15, 0.2) is 55.1 Å². The fraction of sp³-hybridized carbons (Fsp3) is 0.318. The van der Waals surface area contributed by atoms with E-state index in [9.17, 15) is 23.1 Å². The molecule has 180 valence electrons. The van der Waals surface area contributed by atoms with Crippen molar-refractivity contribution in [2.24, 2.45) is 0 Å². The smallest absolute Gasteiger partial charge is 0.366 e. The summed E-state index contributed by atoms with van der Waals surface area (Å²) in [5.41, 5.74) is -1.77. The van der Waals surface area contributed by atoms with Gasteiger partial charge < -0.3 is 14.7 Å². The number of hydrogen-bond acceptors (Lipinski definition) is 5. The van der Waals surface area contributed by atoms with E-state index in [4.69, 9.17) is 27.9 Å². The van der Waals surface area contributed by atoms with Gasteiger partial charge in [-0.2, -0.15) is 18.3 Å². The van der Waals surface area contributed by atoms with Crippen LogP contribution in [0.5, 0.6) is 0 Å². The Balaban J connectivity index is 1.76. The van der Waals surface area contributed by atoms with Crippen LogP contribution in [0.4, 0.5) is 13.2 Å². The minimum absolute atomic E-state index is 0.0311. The zero-order valence-electron chi connectivity index (χ0n) is 17.7. The Labute approximate surface area is 202 Å². The molecule has 0 bridgehead atoms. The second-order valence-corrected chi connectivity index (χ2v) is 8.73. The van der Waals surface area contributed by atoms with Crippen LogP contribution >= 0.6 is 23.2 Å². The third kappa shape index (κ3) is 4.63. The Bertz CT molecular complexity index is 1180. The molecule has 0 spiro atoms. The maximum absolute atomic E-state index is 13.4. The standard InChI is InChI=1S/C22H19Cl2F3N4O3/c1-13-21(10-30-12-28-11-29-30,17-7-6-16(23)8-18(17)24)34-19(32)9-31(13)20(33)14-2-4-15(5-3-14)22(25,26)27/h2-8,11-13,19,32H,9-10H2,1H3/t13?,19?,21-/m1/s1. The quantitative estimate of drug-likeness (QED) is 0.558. The van der Waals surface area contributed by atoms with Crippen molar-refractivity contribution in [1.29, 1.82) is 0 Å². The molecule has 1 aliphatic rings. The maximum atomic E-state index is 13.4. The number of amides is 1. The Morgan fingerprint density at radius 2 is 1.94 bits per heavy atom. The van der Waals surface area contributed by atoms with Gasteiger partial charge in [-0.15, -0.1) is 0 Å². The zero-order chi connectivity index (χ0) is 24.7. The highest BCUT2D eigenvalue weighted by atomic mass is 35.5. The van der Waals surface area contributed by atoms with E-state index in [-0.39, 0.29) is 23.7 Å². The summed E-state index contributed by atoms with van der Waals surface area (Å²) in [7, 11) is 0. The van der Waals surface area contributed by atoms with Crippen molar-refractivity contribution in [2.45, 2.75) is 37.6 Å². The highest BCUT2D eigenvalue weighted by Crippen LogP contribution is 2.43. The fourth-order valence-electron chi connectivity index (χ4n) is 4.11. The zero-order valence-corrected chi connectivity index (χ0v) is 19.2. The number of aliphatic hydroxyl groups excluding tert-OH is 1. The molecule has 7 nitrogen and oxygen atoms in total. The van der Waals surface area contributed by atoms with Crippen LogP contribution in [0.25, 0.3) is 0 Å². The Morgan fingerprint density at radius 3 is 2.53 bits per heavy atom. The lowest BCUT2D eigenvalue weighted by Gasteiger charge is -2.50. The summed E-state index contributed by atoms with van der Waals surface area (Å²) in [6, 6.07) is 7.92. The van der Waals surface area contributed by atoms with Gasteiger partial charge >= 0.3 is 6.18 Å². The first kappa shape index (κ1) is 24.5. The van der Waals surface area contributed by atoms with Crippen molar-refractivity contribution in [3.63, 3.8) is 0 Å². The van der Waals surface area contributed by atoms with Gasteiger partial charge in [0, 0.05) is 21.2 Å². The van der Waals surface area contributed by atoms with Crippen LogP contribution in [0.3, 0.4) is 0 Å². The SMILES string of the molecule is CC1N(C(=O)c2ccc(C(F)(F)F)cc2)CC(O)O[C@@]1(Cn1cncn1)c1ccc(Cl)cc1Cl. The normalized spacial score (nSPS) is 23.2. The first-order valence-corrected chi connectivity index (χ1v) is 10.9. The third-order valence-electron chi connectivity index (χ3n) is 5.81. The van der Waals surface area contributed by atoms with E-state index in [0.717, 1.165) is 24.3 Å². The van der Waals surface area contributed by atoms with Crippen LogP contribution in [0.1, 0.15) is 28.4 Å². The monoisotopic (exact) mass is 514 g/mol. The van der Waals surface area contributed by atoms with Gasteiger partial charge in [-0.1, -0.05) is 29.3 Å². The van der Waals surface area contributed by atoms with Gasteiger partial charge in [-0.25, -0.2) is 9.67 Å². The number of carbonyl (C=O) groups excluding carboxylic acids is 1. The number of carbonyl (C=O) groups is 1. The molecule has 2 heterocycles. The Kier molecular flexibility index (Phi) is 6.61. The van der Waals surface area contributed by atoms with Gasteiger partial charge in [0.1, 0.15) is 18.3 Å². The van der Waals surface area contributed by atoms with Crippen LogP contribution in [0.2, 0.25) is 10.0 Å². The number of ether oxygens (including phenoxy) is 1. The molecule has 1 amide bonds. The molecule has 1 saturated heterocycles. The fourth-order valence-corrected chi connectivity index (χ4v) is 4.68. The molecule has 0 aliphatic carbocycles.